The lowest BCUT2D eigenvalue weighted by Crippen LogP contribution is -2.60. The van der Waals surface area contributed by atoms with Crippen molar-refractivity contribution in [2.24, 2.45) is 0 Å². The minimum atomic E-state index is -1.71. The first-order valence-electron chi connectivity index (χ1n) is 10.6. The van der Waals surface area contributed by atoms with Gasteiger partial charge in [-0.25, -0.2) is 4.79 Å². The van der Waals surface area contributed by atoms with Crippen LogP contribution in [0.1, 0.15) is 28.8 Å². The van der Waals surface area contributed by atoms with Crippen molar-refractivity contribution in [1.82, 2.24) is 0 Å². The fraction of sp³-hybridized carbons (Fsp3) is 0.435. The Bertz CT molecular complexity index is 1020. The molecule has 2 aromatic rings. The highest BCUT2D eigenvalue weighted by molar-refractivity contribution is 5.91. The van der Waals surface area contributed by atoms with Gasteiger partial charge in [0.1, 0.15) is 31.0 Å². The van der Waals surface area contributed by atoms with Crippen LogP contribution in [0.25, 0.3) is 0 Å². The molecule has 6 atom stereocenters. The van der Waals surface area contributed by atoms with Gasteiger partial charge in [-0.2, -0.15) is 0 Å². The maximum Gasteiger partial charge on any atom is 0.338 e. The minimum absolute atomic E-state index is 0.0817. The zero-order valence-electron chi connectivity index (χ0n) is 18.9. The number of methoxy groups -OCH3 is 1. The van der Waals surface area contributed by atoms with Crippen LogP contribution in [0.4, 0.5) is 0 Å². The molecule has 0 saturated carbocycles. The molecule has 0 aliphatic carbocycles. The molecule has 0 spiro atoms. The van der Waals surface area contributed by atoms with Crippen molar-refractivity contribution < 1.29 is 59.5 Å². The third-order valence-corrected chi connectivity index (χ3v) is 5.63. The number of ether oxygens (including phenoxy) is 4. The van der Waals surface area contributed by atoms with E-state index in [0.717, 1.165) is 17.7 Å². The van der Waals surface area contributed by atoms with Gasteiger partial charge in [0.25, 0.3) is 0 Å². The molecule has 0 amide bonds. The Balaban J connectivity index is 1.72. The van der Waals surface area contributed by atoms with E-state index >= 15 is 0 Å². The molecule has 1 unspecified atom stereocenters. The predicted octanol–water partition coefficient (Wildman–Crippen LogP) is -0.0488. The molecule has 7 N–H and O–H groups in total. The van der Waals surface area contributed by atoms with Crippen LogP contribution in [0.15, 0.2) is 30.3 Å². The summed E-state index contributed by atoms with van der Waals surface area (Å²) < 4.78 is 21.6. The lowest BCUT2D eigenvalue weighted by molar-refractivity contribution is -0.277. The summed E-state index contributed by atoms with van der Waals surface area (Å²) in [5.74, 6) is -3.06. The molecule has 1 saturated heterocycles. The van der Waals surface area contributed by atoms with Gasteiger partial charge < -0.3 is 54.7 Å². The largest absolute Gasteiger partial charge is 0.504 e. The van der Waals surface area contributed by atoms with Gasteiger partial charge in [0.15, 0.2) is 28.7 Å². The second kappa shape index (κ2) is 11.0. The van der Waals surface area contributed by atoms with E-state index in [-0.39, 0.29) is 29.6 Å². The molecule has 0 radical (unpaired) electrons. The van der Waals surface area contributed by atoms with E-state index in [1.54, 1.807) is 12.1 Å². The second-order valence-corrected chi connectivity index (χ2v) is 8.09. The van der Waals surface area contributed by atoms with Gasteiger partial charge in [0, 0.05) is 12.5 Å². The average Bonchev–Trinajstić information content (AvgIpc) is 2.85. The van der Waals surface area contributed by atoms with Crippen LogP contribution < -0.4 is 9.47 Å². The summed E-state index contributed by atoms with van der Waals surface area (Å²) in [7, 11) is 1.40. The molecule has 1 aliphatic rings. The topological polar surface area (TPSA) is 196 Å². The first kappa shape index (κ1) is 26.3. The smallest absolute Gasteiger partial charge is 0.338 e. The van der Waals surface area contributed by atoms with Crippen LogP contribution in [-0.2, 0) is 9.47 Å². The SMILES string of the molecule is COc1cc(C(C)CO)ccc1O[C@@H]1O[C@H](COC(=O)c2cc(O)c(O)c(O)c2)[C@@H](O)[C@H](O)[C@H]1O. The molecule has 12 heteroatoms. The van der Waals surface area contributed by atoms with Gasteiger partial charge in [0.2, 0.25) is 6.29 Å². The normalized spacial score (nSPS) is 25.0. The second-order valence-electron chi connectivity index (χ2n) is 8.09. The van der Waals surface area contributed by atoms with Crippen molar-refractivity contribution in [2.45, 2.75) is 43.5 Å². The van der Waals surface area contributed by atoms with Crippen LogP contribution >= 0.6 is 0 Å². The number of aliphatic hydroxyl groups is 4. The van der Waals surface area contributed by atoms with E-state index in [1.807, 2.05) is 6.92 Å². The molecule has 35 heavy (non-hydrogen) atoms. The number of phenolic OH excluding ortho intramolecular Hbond substituents is 3. The molecule has 0 aromatic heterocycles. The van der Waals surface area contributed by atoms with Crippen molar-refractivity contribution >= 4 is 5.97 Å². The van der Waals surface area contributed by atoms with E-state index < -0.39 is 60.5 Å². The van der Waals surface area contributed by atoms with Crippen LogP contribution in [0.3, 0.4) is 0 Å². The highest BCUT2D eigenvalue weighted by Crippen LogP contribution is 2.36. The number of hydrogen-bond donors (Lipinski definition) is 7. The Morgan fingerprint density at radius 2 is 1.66 bits per heavy atom. The number of aliphatic hydroxyl groups excluding tert-OH is 4. The highest BCUT2D eigenvalue weighted by atomic mass is 16.7. The number of esters is 1. The molecule has 1 aliphatic heterocycles. The summed E-state index contributed by atoms with van der Waals surface area (Å²) in [6.45, 7) is 1.14. The summed E-state index contributed by atoms with van der Waals surface area (Å²) >= 11 is 0. The van der Waals surface area contributed by atoms with Crippen LogP contribution in [0, 0.1) is 0 Å². The lowest BCUT2D eigenvalue weighted by atomic mass is 9.99. The van der Waals surface area contributed by atoms with Gasteiger partial charge in [-0.15, -0.1) is 0 Å². The molecular weight excluding hydrogens is 468 g/mol. The zero-order chi connectivity index (χ0) is 25.9. The van der Waals surface area contributed by atoms with Crippen molar-refractivity contribution in [1.29, 1.82) is 0 Å². The molecule has 1 heterocycles. The van der Waals surface area contributed by atoms with Gasteiger partial charge in [0.05, 0.1) is 12.7 Å². The maximum atomic E-state index is 12.3. The van der Waals surface area contributed by atoms with Crippen LogP contribution in [-0.4, -0.2) is 92.7 Å². The van der Waals surface area contributed by atoms with Crippen molar-refractivity contribution in [2.75, 3.05) is 20.3 Å². The van der Waals surface area contributed by atoms with E-state index in [9.17, 15) is 40.5 Å². The van der Waals surface area contributed by atoms with Crippen LogP contribution in [0.5, 0.6) is 28.7 Å². The first-order valence-corrected chi connectivity index (χ1v) is 10.6. The fourth-order valence-corrected chi connectivity index (χ4v) is 3.43. The first-order chi connectivity index (χ1) is 16.6. The number of rotatable bonds is 8. The Labute approximate surface area is 200 Å². The number of carbonyl (C=O) groups is 1. The van der Waals surface area contributed by atoms with E-state index in [4.69, 9.17) is 18.9 Å². The fourth-order valence-electron chi connectivity index (χ4n) is 3.43. The summed E-state index contributed by atoms with van der Waals surface area (Å²) in [6.07, 6.45) is -7.81. The summed E-state index contributed by atoms with van der Waals surface area (Å²) in [5.41, 5.74) is 0.478. The number of carbonyl (C=O) groups excluding carboxylic acids is 1. The molecule has 3 rings (SSSR count). The van der Waals surface area contributed by atoms with Crippen molar-refractivity contribution in [3.05, 3.63) is 41.5 Å². The number of aromatic hydroxyl groups is 3. The monoisotopic (exact) mass is 496 g/mol. The van der Waals surface area contributed by atoms with Gasteiger partial charge in [-0.3, -0.25) is 0 Å². The maximum absolute atomic E-state index is 12.3. The average molecular weight is 496 g/mol. The van der Waals surface area contributed by atoms with E-state index in [0.29, 0.717) is 0 Å². The van der Waals surface area contributed by atoms with Crippen LogP contribution in [0.2, 0.25) is 0 Å². The zero-order valence-corrected chi connectivity index (χ0v) is 18.9. The van der Waals surface area contributed by atoms with E-state index in [1.165, 1.54) is 13.2 Å². The number of benzene rings is 2. The molecule has 0 bridgehead atoms. The third-order valence-electron chi connectivity index (χ3n) is 5.63. The molecule has 12 nitrogen and oxygen atoms in total. The predicted molar refractivity (Wildman–Crippen MR) is 118 cm³/mol. The summed E-state index contributed by atoms with van der Waals surface area (Å²) in [4.78, 5) is 12.3. The standard InChI is InChI=1S/C23H28O12/c1-10(8-24)11-3-4-15(16(7-11)32-2)34-23-21(30)20(29)19(28)17(35-23)9-33-22(31)12-5-13(25)18(27)14(26)6-12/h3-7,10,17,19-21,23-30H,8-9H2,1-2H3/t10?,17-,19-,20+,21-,23-/m1/s1. The Morgan fingerprint density at radius 3 is 2.26 bits per heavy atom. The van der Waals surface area contributed by atoms with Gasteiger partial charge in [-0.05, 0) is 29.8 Å². The number of phenols is 3. The van der Waals surface area contributed by atoms with Gasteiger partial charge in [-0.1, -0.05) is 13.0 Å². The third kappa shape index (κ3) is 5.69. The highest BCUT2D eigenvalue weighted by Gasteiger charge is 2.45. The van der Waals surface area contributed by atoms with Crippen molar-refractivity contribution in [3.63, 3.8) is 0 Å². The Kier molecular flexibility index (Phi) is 8.25. The Morgan fingerprint density at radius 1 is 1.00 bits per heavy atom. The molecular formula is C23H28O12. The van der Waals surface area contributed by atoms with Gasteiger partial charge >= 0.3 is 5.97 Å². The quantitative estimate of drug-likeness (QED) is 0.190. The summed E-state index contributed by atoms with van der Waals surface area (Å²) in [6, 6.07) is 6.59. The minimum Gasteiger partial charge on any atom is -0.504 e. The van der Waals surface area contributed by atoms with Crippen molar-refractivity contribution in [3.8, 4) is 28.7 Å². The Hall–Kier alpha value is -3.29. The molecule has 2 aromatic carbocycles. The molecule has 1 fully saturated rings. The molecule has 192 valence electrons. The summed E-state index contributed by atoms with van der Waals surface area (Å²) in [5, 5.41) is 68.7. The number of hydrogen-bond acceptors (Lipinski definition) is 12. The van der Waals surface area contributed by atoms with E-state index in [2.05, 4.69) is 0 Å². The lowest BCUT2D eigenvalue weighted by Gasteiger charge is -2.40.